The van der Waals surface area contributed by atoms with Crippen LogP contribution < -0.4 is 10.6 Å². The normalized spacial score (nSPS) is 16.6. The van der Waals surface area contributed by atoms with Gasteiger partial charge in [-0.2, -0.15) is 0 Å². The first-order chi connectivity index (χ1) is 6.74. The number of aliphatic hydroxyl groups is 1. The van der Waals surface area contributed by atoms with Crippen molar-refractivity contribution >= 4 is 11.8 Å². The molecular weight excluding hydrogens is 184 g/mol. The zero-order valence-corrected chi connectivity index (χ0v) is 8.08. The molecule has 0 aromatic rings. The minimum absolute atomic E-state index is 0.122. The average molecular weight is 200 g/mol. The van der Waals surface area contributed by atoms with Gasteiger partial charge in [-0.3, -0.25) is 9.59 Å². The Morgan fingerprint density at radius 3 is 2.43 bits per heavy atom. The van der Waals surface area contributed by atoms with Gasteiger partial charge in [0.1, 0.15) is 0 Å². The van der Waals surface area contributed by atoms with E-state index in [-0.39, 0.29) is 19.2 Å². The van der Waals surface area contributed by atoms with Crippen molar-refractivity contribution in [3.05, 3.63) is 0 Å². The molecule has 0 aliphatic heterocycles. The van der Waals surface area contributed by atoms with Gasteiger partial charge in [0.15, 0.2) is 0 Å². The second kappa shape index (κ2) is 5.59. The zero-order chi connectivity index (χ0) is 10.4. The topological polar surface area (TPSA) is 78.4 Å². The molecule has 5 nitrogen and oxygen atoms in total. The van der Waals surface area contributed by atoms with Gasteiger partial charge in [0.25, 0.3) is 0 Å². The molecule has 14 heavy (non-hydrogen) atoms. The summed E-state index contributed by atoms with van der Waals surface area (Å²) >= 11 is 0. The molecule has 0 spiro atoms. The molecule has 0 heterocycles. The maximum Gasteiger partial charge on any atom is 0.309 e. The van der Waals surface area contributed by atoms with Gasteiger partial charge >= 0.3 is 11.8 Å². The summed E-state index contributed by atoms with van der Waals surface area (Å²) in [6, 6.07) is 0.155. The summed E-state index contributed by atoms with van der Waals surface area (Å²) in [4.78, 5) is 22.3. The molecule has 0 saturated heterocycles. The Morgan fingerprint density at radius 2 is 1.86 bits per heavy atom. The van der Waals surface area contributed by atoms with Crippen molar-refractivity contribution in [2.75, 3.05) is 13.2 Å². The summed E-state index contributed by atoms with van der Waals surface area (Å²) in [5.74, 6) is -1.25. The Bertz CT molecular complexity index is 212. The lowest BCUT2D eigenvalue weighted by molar-refractivity contribution is -0.139. The lowest BCUT2D eigenvalue weighted by Gasteiger charge is -2.10. The molecule has 3 N–H and O–H groups in total. The Balaban J connectivity index is 2.22. The molecule has 0 aromatic heterocycles. The Hall–Kier alpha value is -1.10. The third kappa shape index (κ3) is 3.33. The molecule has 0 aromatic carbocycles. The fraction of sp³-hybridized carbons (Fsp3) is 0.778. The van der Waals surface area contributed by atoms with E-state index < -0.39 is 11.8 Å². The quantitative estimate of drug-likeness (QED) is 0.519. The van der Waals surface area contributed by atoms with Crippen LogP contribution in [0.15, 0.2) is 0 Å². The number of carbonyl (C=O) groups is 2. The van der Waals surface area contributed by atoms with Gasteiger partial charge in [-0.1, -0.05) is 12.8 Å². The average Bonchev–Trinajstić information content (AvgIpc) is 2.66. The van der Waals surface area contributed by atoms with Crippen molar-refractivity contribution in [2.24, 2.45) is 0 Å². The first-order valence-corrected chi connectivity index (χ1v) is 4.93. The summed E-state index contributed by atoms with van der Waals surface area (Å²) in [6.07, 6.45) is 4.14. The number of aliphatic hydroxyl groups excluding tert-OH is 1. The van der Waals surface area contributed by atoms with E-state index in [4.69, 9.17) is 5.11 Å². The fourth-order valence-electron chi connectivity index (χ4n) is 1.57. The highest BCUT2D eigenvalue weighted by Crippen LogP contribution is 2.17. The van der Waals surface area contributed by atoms with Crippen molar-refractivity contribution in [2.45, 2.75) is 31.7 Å². The van der Waals surface area contributed by atoms with Crippen LogP contribution in [0.5, 0.6) is 0 Å². The van der Waals surface area contributed by atoms with Crippen LogP contribution in [-0.4, -0.2) is 36.1 Å². The first-order valence-electron chi connectivity index (χ1n) is 4.93. The van der Waals surface area contributed by atoms with E-state index in [9.17, 15) is 9.59 Å². The van der Waals surface area contributed by atoms with Gasteiger partial charge in [-0.25, -0.2) is 0 Å². The fourth-order valence-corrected chi connectivity index (χ4v) is 1.57. The highest BCUT2D eigenvalue weighted by atomic mass is 16.3. The Kier molecular flexibility index (Phi) is 4.39. The van der Waals surface area contributed by atoms with Crippen molar-refractivity contribution in [1.82, 2.24) is 10.6 Å². The van der Waals surface area contributed by atoms with Crippen LogP contribution in [-0.2, 0) is 9.59 Å². The predicted octanol–water partition coefficient (Wildman–Crippen LogP) is -0.846. The minimum Gasteiger partial charge on any atom is -0.395 e. The molecule has 1 saturated carbocycles. The van der Waals surface area contributed by atoms with Crippen LogP contribution in [0.4, 0.5) is 0 Å². The van der Waals surface area contributed by atoms with E-state index in [1.807, 2.05) is 0 Å². The van der Waals surface area contributed by atoms with E-state index in [0.29, 0.717) is 0 Å². The maximum absolute atomic E-state index is 11.2. The Labute approximate surface area is 82.9 Å². The van der Waals surface area contributed by atoms with Gasteiger partial charge in [-0.05, 0) is 12.8 Å². The number of carbonyl (C=O) groups excluding carboxylic acids is 2. The molecule has 1 aliphatic rings. The molecule has 1 fully saturated rings. The lowest BCUT2D eigenvalue weighted by atomic mass is 10.2. The molecule has 5 heteroatoms. The van der Waals surface area contributed by atoms with Crippen LogP contribution in [0, 0.1) is 0 Å². The van der Waals surface area contributed by atoms with Crippen LogP contribution in [0.25, 0.3) is 0 Å². The van der Waals surface area contributed by atoms with Gasteiger partial charge in [0.05, 0.1) is 6.61 Å². The summed E-state index contributed by atoms with van der Waals surface area (Å²) in [5, 5.41) is 13.4. The van der Waals surface area contributed by atoms with E-state index in [2.05, 4.69) is 10.6 Å². The molecule has 0 unspecified atom stereocenters. The largest absolute Gasteiger partial charge is 0.395 e. The first kappa shape index (κ1) is 11.0. The Morgan fingerprint density at radius 1 is 1.21 bits per heavy atom. The molecule has 2 amide bonds. The van der Waals surface area contributed by atoms with Crippen LogP contribution >= 0.6 is 0 Å². The molecule has 0 radical (unpaired) electrons. The van der Waals surface area contributed by atoms with E-state index in [1.165, 1.54) is 0 Å². The number of nitrogens with one attached hydrogen (secondary N) is 2. The summed E-state index contributed by atoms with van der Waals surface area (Å²) in [6.45, 7) is -0.0284. The van der Waals surface area contributed by atoms with E-state index in [0.717, 1.165) is 25.7 Å². The van der Waals surface area contributed by atoms with E-state index >= 15 is 0 Å². The molecule has 80 valence electrons. The summed E-state index contributed by atoms with van der Waals surface area (Å²) in [7, 11) is 0. The van der Waals surface area contributed by atoms with Crippen molar-refractivity contribution in [3.8, 4) is 0 Å². The summed E-state index contributed by atoms with van der Waals surface area (Å²) in [5.41, 5.74) is 0. The number of rotatable bonds is 3. The highest BCUT2D eigenvalue weighted by Gasteiger charge is 2.20. The second-order valence-electron chi connectivity index (χ2n) is 3.43. The minimum atomic E-state index is -0.661. The van der Waals surface area contributed by atoms with Gasteiger partial charge in [0.2, 0.25) is 0 Å². The maximum atomic E-state index is 11.2. The number of hydrogen-bond acceptors (Lipinski definition) is 3. The van der Waals surface area contributed by atoms with Crippen molar-refractivity contribution < 1.29 is 14.7 Å². The molecule has 0 atom stereocenters. The predicted molar refractivity (Wildman–Crippen MR) is 50.5 cm³/mol. The SMILES string of the molecule is O=C(NCCO)C(=O)NC1CCCC1. The summed E-state index contributed by atoms with van der Waals surface area (Å²) < 4.78 is 0. The van der Waals surface area contributed by atoms with Crippen LogP contribution in [0.2, 0.25) is 0 Å². The monoisotopic (exact) mass is 200 g/mol. The molecular formula is C9H16N2O3. The van der Waals surface area contributed by atoms with Crippen LogP contribution in [0.3, 0.4) is 0 Å². The third-order valence-electron chi connectivity index (χ3n) is 2.29. The zero-order valence-electron chi connectivity index (χ0n) is 8.08. The van der Waals surface area contributed by atoms with Crippen molar-refractivity contribution in [3.63, 3.8) is 0 Å². The molecule has 0 bridgehead atoms. The van der Waals surface area contributed by atoms with Gasteiger partial charge in [-0.15, -0.1) is 0 Å². The second-order valence-corrected chi connectivity index (χ2v) is 3.43. The smallest absolute Gasteiger partial charge is 0.309 e. The lowest BCUT2D eigenvalue weighted by Crippen LogP contribution is -2.44. The highest BCUT2D eigenvalue weighted by molar-refractivity contribution is 6.35. The number of amides is 2. The third-order valence-corrected chi connectivity index (χ3v) is 2.29. The standard InChI is InChI=1S/C9H16N2O3/c12-6-5-10-8(13)9(14)11-7-3-1-2-4-7/h7,12H,1-6H2,(H,10,13)(H,11,14). The number of hydrogen-bond donors (Lipinski definition) is 3. The van der Waals surface area contributed by atoms with Gasteiger partial charge < -0.3 is 15.7 Å². The molecule has 1 aliphatic carbocycles. The van der Waals surface area contributed by atoms with Gasteiger partial charge in [0, 0.05) is 12.6 Å². The van der Waals surface area contributed by atoms with Crippen molar-refractivity contribution in [1.29, 1.82) is 0 Å². The molecule has 1 rings (SSSR count). The van der Waals surface area contributed by atoms with E-state index in [1.54, 1.807) is 0 Å². The van der Waals surface area contributed by atoms with Crippen LogP contribution in [0.1, 0.15) is 25.7 Å².